The lowest BCUT2D eigenvalue weighted by atomic mass is 9.94. The number of halogens is 1. The number of hydrogen-bond acceptors (Lipinski definition) is 4. The zero-order valence-corrected chi connectivity index (χ0v) is 14.3. The molecule has 21 heavy (non-hydrogen) atoms. The van der Waals surface area contributed by atoms with Gasteiger partial charge >= 0.3 is 5.97 Å². The minimum atomic E-state index is -0.590. The van der Waals surface area contributed by atoms with Crippen LogP contribution in [0.2, 0.25) is 5.02 Å². The summed E-state index contributed by atoms with van der Waals surface area (Å²) < 4.78 is 5.09. The fourth-order valence-electron chi connectivity index (χ4n) is 2.56. The highest BCUT2D eigenvalue weighted by molar-refractivity contribution is 7.99. The van der Waals surface area contributed by atoms with Gasteiger partial charge in [0.2, 0.25) is 0 Å². The van der Waals surface area contributed by atoms with Crippen molar-refractivity contribution in [2.75, 3.05) is 12.9 Å². The van der Waals surface area contributed by atoms with Gasteiger partial charge in [-0.2, -0.15) is 0 Å². The summed E-state index contributed by atoms with van der Waals surface area (Å²) in [7, 11) is 1.47. The Morgan fingerprint density at radius 1 is 1.43 bits per heavy atom. The molecule has 3 nitrogen and oxygen atoms in total. The average molecular weight is 328 g/mol. The van der Waals surface area contributed by atoms with E-state index in [0.29, 0.717) is 11.7 Å². The summed E-state index contributed by atoms with van der Waals surface area (Å²) in [5.41, 5.74) is -0.590. The molecule has 0 spiro atoms. The third kappa shape index (κ3) is 4.15. The number of methoxy groups -OCH3 is 1. The van der Waals surface area contributed by atoms with Gasteiger partial charge in [0.25, 0.3) is 0 Å². The van der Waals surface area contributed by atoms with Gasteiger partial charge < -0.3 is 4.74 Å². The van der Waals surface area contributed by atoms with Crippen LogP contribution < -0.4 is 5.32 Å². The summed E-state index contributed by atoms with van der Waals surface area (Å²) in [6, 6.07) is 7.94. The molecular weight excluding hydrogens is 306 g/mol. The SMILES string of the molecule is COC(=O)C(CSc1ccc(Cl)cc1)(NC(C)C)C1CC1. The summed E-state index contributed by atoms with van der Waals surface area (Å²) in [4.78, 5) is 13.5. The van der Waals surface area contributed by atoms with Gasteiger partial charge in [0.1, 0.15) is 5.54 Å². The molecule has 1 unspecified atom stereocenters. The number of rotatable bonds is 7. The summed E-state index contributed by atoms with van der Waals surface area (Å²) >= 11 is 7.58. The van der Waals surface area contributed by atoms with Crippen molar-refractivity contribution in [3.8, 4) is 0 Å². The maximum absolute atomic E-state index is 12.4. The van der Waals surface area contributed by atoms with Crippen LogP contribution in [0.3, 0.4) is 0 Å². The molecule has 1 saturated carbocycles. The van der Waals surface area contributed by atoms with E-state index >= 15 is 0 Å². The van der Waals surface area contributed by atoms with Crippen LogP contribution in [0.25, 0.3) is 0 Å². The van der Waals surface area contributed by atoms with E-state index in [-0.39, 0.29) is 12.0 Å². The number of nitrogens with one attached hydrogen (secondary N) is 1. The Morgan fingerprint density at radius 3 is 2.52 bits per heavy atom. The lowest BCUT2D eigenvalue weighted by molar-refractivity contribution is -0.148. The predicted octanol–water partition coefficient (Wildman–Crippen LogP) is 3.75. The summed E-state index contributed by atoms with van der Waals surface area (Å²) in [5.74, 6) is 0.886. The third-order valence-electron chi connectivity index (χ3n) is 3.65. The van der Waals surface area contributed by atoms with Crippen LogP contribution in [0, 0.1) is 5.92 Å². The molecule has 0 bridgehead atoms. The van der Waals surface area contributed by atoms with Crippen LogP contribution >= 0.6 is 23.4 Å². The molecule has 0 aromatic heterocycles. The lowest BCUT2D eigenvalue weighted by Crippen LogP contribution is -2.59. The van der Waals surface area contributed by atoms with E-state index in [1.807, 2.05) is 24.3 Å². The van der Waals surface area contributed by atoms with Gasteiger partial charge in [-0.05, 0) is 56.9 Å². The van der Waals surface area contributed by atoms with Crippen molar-refractivity contribution >= 4 is 29.3 Å². The highest BCUT2D eigenvalue weighted by atomic mass is 35.5. The molecule has 1 atom stereocenters. The predicted molar refractivity (Wildman–Crippen MR) is 87.9 cm³/mol. The van der Waals surface area contributed by atoms with Gasteiger partial charge in [-0.25, -0.2) is 0 Å². The Morgan fingerprint density at radius 2 is 2.05 bits per heavy atom. The normalized spacial score (nSPS) is 17.6. The van der Waals surface area contributed by atoms with Gasteiger partial charge in [0, 0.05) is 21.7 Å². The Labute approximate surface area is 135 Å². The number of thioether (sulfide) groups is 1. The highest BCUT2D eigenvalue weighted by Crippen LogP contribution is 2.43. The van der Waals surface area contributed by atoms with Crippen molar-refractivity contribution in [2.45, 2.75) is 43.2 Å². The molecule has 5 heteroatoms. The summed E-state index contributed by atoms with van der Waals surface area (Å²) in [6.07, 6.45) is 2.16. The molecule has 1 aromatic rings. The van der Waals surface area contributed by atoms with Crippen LogP contribution in [0.1, 0.15) is 26.7 Å². The summed E-state index contributed by atoms with van der Waals surface area (Å²) in [5, 5.41) is 4.19. The molecule has 1 fully saturated rings. The number of ether oxygens (including phenoxy) is 1. The van der Waals surface area contributed by atoms with Crippen molar-refractivity contribution in [1.82, 2.24) is 5.32 Å². The monoisotopic (exact) mass is 327 g/mol. The van der Waals surface area contributed by atoms with Gasteiger partial charge in [-0.1, -0.05) is 11.6 Å². The van der Waals surface area contributed by atoms with Gasteiger partial charge in [-0.15, -0.1) is 11.8 Å². The standard InChI is InChI=1S/C16H22ClNO2S/c1-11(2)18-16(12-4-5-12,15(19)20-3)10-21-14-8-6-13(17)7-9-14/h6-9,11-12,18H,4-5,10H2,1-3H3. The fraction of sp³-hybridized carbons (Fsp3) is 0.562. The second-order valence-corrected chi connectivity index (χ2v) is 7.26. The Bertz CT molecular complexity index is 488. The Hall–Kier alpha value is -0.710. The number of esters is 1. The second kappa shape index (κ2) is 7.03. The van der Waals surface area contributed by atoms with Crippen molar-refractivity contribution < 1.29 is 9.53 Å². The molecular formula is C16H22ClNO2S. The molecule has 2 rings (SSSR count). The van der Waals surface area contributed by atoms with E-state index < -0.39 is 5.54 Å². The van der Waals surface area contributed by atoms with Crippen LogP contribution in [-0.2, 0) is 9.53 Å². The molecule has 0 heterocycles. The molecule has 0 aliphatic heterocycles. The maximum atomic E-state index is 12.4. The molecule has 0 radical (unpaired) electrons. The number of benzene rings is 1. The van der Waals surface area contributed by atoms with E-state index in [1.54, 1.807) is 11.8 Å². The van der Waals surface area contributed by atoms with E-state index in [1.165, 1.54) is 7.11 Å². The molecule has 1 aromatic carbocycles. The van der Waals surface area contributed by atoms with E-state index in [9.17, 15) is 4.79 Å². The first-order valence-corrected chi connectivity index (χ1v) is 8.59. The number of carbonyl (C=O) groups excluding carboxylic acids is 1. The third-order valence-corrected chi connectivity index (χ3v) is 5.11. The average Bonchev–Trinajstić information content (AvgIpc) is 3.28. The number of hydrogen-bond donors (Lipinski definition) is 1. The van der Waals surface area contributed by atoms with E-state index in [2.05, 4.69) is 19.2 Å². The molecule has 1 aliphatic carbocycles. The Balaban J connectivity index is 2.14. The smallest absolute Gasteiger partial charge is 0.327 e. The largest absolute Gasteiger partial charge is 0.468 e. The zero-order chi connectivity index (χ0) is 15.5. The molecule has 116 valence electrons. The zero-order valence-electron chi connectivity index (χ0n) is 12.7. The van der Waals surface area contributed by atoms with E-state index in [4.69, 9.17) is 16.3 Å². The fourth-order valence-corrected chi connectivity index (χ4v) is 3.85. The Kier molecular flexibility index (Phi) is 5.58. The number of carbonyl (C=O) groups is 1. The topological polar surface area (TPSA) is 38.3 Å². The first-order valence-electron chi connectivity index (χ1n) is 7.22. The second-order valence-electron chi connectivity index (χ2n) is 5.78. The van der Waals surface area contributed by atoms with Crippen LogP contribution in [0.4, 0.5) is 0 Å². The van der Waals surface area contributed by atoms with Gasteiger partial charge in [0.05, 0.1) is 7.11 Å². The molecule has 1 N–H and O–H groups in total. The summed E-state index contributed by atoms with van der Waals surface area (Å²) in [6.45, 7) is 4.13. The van der Waals surface area contributed by atoms with Crippen molar-refractivity contribution in [3.05, 3.63) is 29.3 Å². The van der Waals surface area contributed by atoms with Gasteiger partial charge in [0.15, 0.2) is 0 Å². The molecule has 1 aliphatic rings. The first-order chi connectivity index (χ1) is 9.98. The van der Waals surface area contributed by atoms with E-state index in [0.717, 1.165) is 22.8 Å². The van der Waals surface area contributed by atoms with Crippen LogP contribution in [0.5, 0.6) is 0 Å². The van der Waals surface area contributed by atoms with Crippen LogP contribution in [0.15, 0.2) is 29.2 Å². The van der Waals surface area contributed by atoms with Gasteiger partial charge in [-0.3, -0.25) is 10.1 Å². The quantitative estimate of drug-likeness (QED) is 0.611. The first kappa shape index (κ1) is 16.7. The minimum Gasteiger partial charge on any atom is -0.468 e. The van der Waals surface area contributed by atoms with Crippen molar-refractivity contribution in [1.29, 1.82) is 0 Å². The van der Waals surface area contributed by atoms with Crippen molar-refractivity contribution in [2.24, 2.45) is 5.92 Å². The lowest BCUT2D eigenvalue weighted by Gasteiger charge is -2.34. The van der Waals surface area contributed by atoms with Crippen LogP contribution in [-0.4, -0.2) is 30.4 Å². The molecule has 0 saturated heterocycles. The highest BCUT2D eigenvalue weighted by Gasteiger charge is 2.52. The maximum Gasteiger partial charge on any atom is 0.327 e. The molecule has 0 amide bonds. The minimum absolute atomic E-state index is 0.153. The van der Waals surface area contributed by atoms with Crippen molar-refractivity contribution in [3.63, 3.8) is 0 Å².